The number of hydrogen-bond acceptors (Lipinski definition) is 7. The van der Waals surface area contributed by atoms with Crippen LogP contribution in [0.4, 0.5) is 15.8 Å². The highest BCUT2D eigenvalue weighted by Crippen LogP contribution is 2.38. The third-order valence-corrected chi connectivity index (χ3v) is 5.37. The van der Waals surface area contributed by atoms with E-state index in [-0.39, 0.29) is 18.1 Å². The SMILES string of the molecule is COC1(Nc2ccc(Cl)cc2F)N=CNc2cc(OCCN3CCOCC3)ccc21.Cl. The van der Waals surface area contributed by atoms with E-state index in [4.69, 9.17) is 25.8 Å². The van der Waals surface area contributed by atoms with Gasteiger partial charge in [0.25, 0.3) is 5.85 Å². The quantitative estimate of drug-likeness (QED) is 0.597. The van der Waals surface area contributed by atoms with E-state index < -0.39 is 11.7 Å². The summed E-state index contributed by atoms with van der Waals surface area (Å²) in [4.78, 5) is 6.72. The lowest BCUT2D eigenvalue weighted by molar-refractivity contribution is 0.0188. The number of benzene rings is 2. The molecular formula is C21H25Cl2FN4O3. The van der Waals surface area contributed by atoms with Crippen molar-refractivity contribution < 1.29 is 18.6 Å². The largest absolute Gasteiger partial charge is 0.492 e. The van der Waals surface area contributed by atoms with E-state index in [0.717, 1.165) is 44.3 Å². The van der Waals surface area contributed by atoms with Gasteiger partial charge in [0.2, 0.25) is 0 Å². The van der Waals surface area contributed by atoms with Crippen molar-refractivity contribution in [1.29, 1.82) is 0 Å². The van der Waals surface area contributed by atoms with Gasteiger partial charge in [0.1, 0.15) is 18.2 Å². The van der Waals surface area contributed by atoms with Gasteiger partial charge in [-0.1, -0.05) is 11.6 Å². The number of fused-ring (bicyclic) bond motifs is 1. The van der Waals surface area contributed by atoms with Gasteiger partial charge in [-0.25, -0.2) is 9.38 Å². The molecule has 0 aromatic heterocycles. The van der Waals surface area contributed by atoms with Crippen LogP contribution in [0.15, 0.2) is 41.4 Å². The summed E-state index contributed by atoms with van der Waals surface area (Å²) >= 11 is 5.86. The van der Waals surface area contributed by atoms with E-state index in [2.05, 4.69) is 20.5 Å². The molecule has 0 saturated carbocycles. The monoisotopic (exact) mass is 470 g/mol. The highest BCUT2D eigenvalue weighted by atomic mass is 35.5. The number of methoxy groups -OCH3 is 1. The van der Waals surface area contributed by atoms with E-state index in [1.807, 2.05) is 18.2 Å². The predicted molar refractivity (Wildman–Crippen MR) is 122 cm³/mol. The van der Waals surface area contributed by atoms with E-state index in [1.165, 1.54) is 19.5 Å². The van der Waals surface area contributed by atoms with Gasteiger partial charge in [0.15, 0.2) is 0 Å². The molecule has 0 radical (unpaired) electrons. The van der Waals surface area contributed by atoms with Crippen LogP contribution in [0, 0.1) is 5.82 Å². The smallest absolute Gasteiger partial charge is 0.267 e. The standard InChI is InChI=1S/C21H24ClFN4O3.ClH/c1-28-21(26-19-5-2-15(22)12-18(19)23)17-4-3-16(13-20(17)24-14-25-21)30-11-8-27-6-9-29-10-7-27;/h2-5,12-14,26H,6-11H2,1H3,(H,24,25);1H. The maximum Gasteiger partial charge on any atom is 0.267 e. The van der Waals surface area contributed by atoms with Crippen molar-refractivity contribution in [2.75, 3.05) is 57.2 Å². The molecule has 168 valence electrons. The van der Waals surface area contributed by atoms with Crippen molar-refractivity contribution in [3.63, 3.8) is 0 Å². The van der Waals surface area contributed by atoms with Gasteiger partial charge >= 0.3 is 0 Å². The molecule has 7 nitrogen and oxygen atoms in total. The van der Waals surface area contributed by atoms with Crippen LogP contribution < -0.4 is 15.4 Å². The fourth-order valence-electron chi connectivity index (χ4n) is 3.49. The summed E-state index contributed by atoms with van der Waals surface area (Å²) in [6, 6.07) is 9.99. The summed E-state index contributed by atoms with van der Waals surface area (Å²) < 4.78 is 31.3. The minimum absolute atomic E-state index is 0. The number of nitrogens with zero attached hydrogens (tertiary/aromatic N) is 2. The normalized spacial score (nSPS) is 20.4. The molecule has 1 atom stereocenters. The molecule has 1 fully saturated rings. The minimum Gasteiger partial charge on any atom is -0.492 e. The molecule has 0 amide bonds. The Morgan fingerprint density at radius 2 is 2.06 bits per heavy atom. The van der Waals surface area contributed by atoms with Crippen LogP contribution in [0.1, 0.15) is 5.56 Å². The maximum absolute atomic E-state index is 14.3. The number of morpholine rings is 1. The van der Waals surface area contributed by atoms with Crippen molar-refractivity contribution in [2.24, 2.45) is 4.99 Å². The van der Waals surface area contributed by atoms with E-state index in [9.17, 15) is 4.39 Å². The van der Waals surface area contributed by atoms with Gasteiger partial charge in [0, 0.05) is 37.8 Å². The molecule has 0 spiro atoms. The predicted octanol–water partition coefficient (Wildman–Crippen LogP) is 3.93. The van der Waals surface area contributed by atoms with Gasteiger partial charge < -0.3 is 24.8 Å². The molecule has 31 heavy (non-hydrogen) atoms. The Morgan fingerprint density at radius 3 is 2.81 bits per heavy atom. The van der Waals surface area contributed by atoms with Crippen molar-refractivity contribution in [1.82, 2.24) is 4.90 Å². The topological polar surface area (TPSA) is 67.3 Å². The highest BCUT2D eigenvalue weighted by molar-refractivity contribution is 6.30. The Labute approximate surface area is 191 Å². The lowest BCUT2D eigenvalue weighted by Crippen LogP contribution is -2.39. The molecule has 2 N–H and O–H groups in total. The van der Waals surface area contributed by atoms with Crippen LogP contribution in [-0.2, 0) is 15.3 Å². The van der Waals surface area contributed by atoms with Crippen molar-refractivity contribution >= 4 is 41.7 Å². The second-order valence-electron chi connectivity index (χ2n) is 7.01. The first-order valence-electron chi connectivity index (χ1n) is 9.76. The summed E-state index contributed by atoms with van der Waals surface area (Å²) in [5, 5.41) is 6.47. The number of aliphatic imine (C=N–C) groups is 1. The van der Waals surface area contributed by atoms with E-state index in [0.29, 0.717) is 17.2 Å². The average Bonchev–Trinajstić information content (AvgIpc) is 2.76. The van der Waals surface area contributed by atoms with Crippen molar-refractivity contribution in [3.8, 4) is 5.75 Å². The van der Waals surface area contributed by atoms with Gasteiger partial charge in [-0.3, -0.25) is 4.90 Å². The fraction of sp³-hybridized carbons (Fsp3) is 0.381. The molecule has 2 aromatic carbocycles. The maximum atomic E-state index is 14.3. The summed E-state index contributed by atoms with van der Waals surface area (Å²) in [5.74, 6) is -1.04. The van der Waals surface area contributed by atoms with Gasteiger partial charge in [0.05, 0.1) is 36.5 Å². The lowest BCUT2D eigenvalue weighted by Gasteiger charge is -2.34. The zero-order valence-electron chi connectivity index (χ0n) is 17.1. The molecule has 4 rings (SSSR count). The summed E-state index contributed by atoms with van der Waals surface area (Å²) in [5.41, 5.74) is 1.71. The summed E-state index contributed by atoms with van der Waals surface area (Å²) in [6.45, 7) is 4.81. The average molecular weight is 471 g/mol. The zero-order valence-corrected chi connectivity index (χ0v) is 18.6. The van der Waals surface area contributed by atoms with Crippen molar-refractivity contribution in [3.05, 3.63) is 52.8 Å². The molecule has 2 aliphatic heterocycles. The van der Waals surface area contributed by atoms with Crippen LogP contribution in [0.25, 0.3) is 0 Å². The molecule has 1 unspecified atom stereocenters. The number of anilines is 2. The Balaban J connectivity index is 0.00000272. The zero-order chi connectivity index (χ0) is 21.0. The Kier molecular flexibility index (Phi) is 7.96. The molecule has 1 saturated heterocycles. The Morgan fingerprint density at radius 1 is 1.26 bits per heavy atom. The van der Waals surface area contributed by atoms with E-state index >= 15 is 0 Å². The number of nitrogens with one attached hydrogen (secondary N) is 2. The van der Waals surface area contributed by atoms with Gasteiger partial charge in [-0.05, 0) is 30.3 Å². The molecule has 2 heterocycles. The first-order chi connectivity index (χ1) is 14.6. The number of hydrogen-bond donors (Lipinski definition) is 2. The Hall–Kier alpha value is -2.10. The van der Waals surface area contributed by atoms with Crippen molar-refractivity contribution in [2.45, 2.75) is 5.85 Å². The summed E-state index contributed by atoms with van der Waals surface area (Å²) in [7, 11) is 1.51. The third kappa shape index (κ3) is 5.39. The van der Waals surface area contributed by atoms with Crippen LogP contribution in [0.3, 0.4) is 0 Å². The second-order valence-corrected chi connectivity index (χ2v) is 7.45. The Bertz CT molecular complexity index is 927. The third-order valence-electron chi connectivity index (χ3n) is 5.13. The molecule has 10 heteroatoms. The highest BCUT2D eigenvalue weighted by Gasteiger charge is 2.37. The first-order valence-corrected chi connectivity index (χ1v) is 10.1. The van der Waals surface area contributed by atoms with Crippen LogP contribution in [-0.4, -0.2) is 57.8 Å². The van der Waals surface area contributed by atoms with E-state index in [1.54, 1.807) is 12.1 Å². The number of halogens is 3. The lowest BCUT2D eigenvalue weighted by atomic mass is 10.1. The fourth-order valence-corrected chi connectivity index (χ4v) is 3.65. The number of ether oxygens (including phenoxy) is 3. The molecule has 0 aliphatic carbocycles. The van der Waals surface area contributed by atoms with Gasteiger partial charge in [-0.15, -0.1) is 12.4 Å². The minimum atomic E-state index is -1.28. The van der Waals surface area contributed by atoms with Gasteiger partial charge in [-0.2, -0.15) is 0 Å². The molecule has 2 aliphatic rings. The second kappa shape index (κ2) is 10.5. The van der Waals surface area contributed by atoms with Crippen LogP contribution in [0.5, 0.6) is 5.75 Å². The molecule has 0 bridgehead atoms. The van der Waals surface area contributed by atoms with Crippen LogP contribution >= 0.6 is 24.0 Å². The van der Waals surface area contributed by atoms with Crippen LogP contribution in [0.2, 0.25) is 5.02 Å². The first kappa shape index (κ1) is 23.6. The number of rotatable bonds is 7. The molecular weight excluding hydrogens is 446 g/mol. The summed E-state index contributed by atoms with van der Waals surface area (Å²) in [6.07, 6.45) is 1.52. The molecule has 2 aromatic rings.